The van der Waals surface area contributed by atoms with E-state index in [1.54, 1.807) is 12.1 Å². The van der Waals surface area contributed by atoms with Crippen LogP contribution in [0.4, 0.5) is 5.69 Å². The highest BCUT2D eigenvalue weighted by atomic mass is 32.2. The Morgan fingerprint density at radius 3 is 2.52 bits per heavy atom. The van der Waals surface area contributed by atoms with Crippen LogP contribution in [0, 0.1) is 0 Å². The van der Waals surface area contributed by atoms with E-state index in [2.05, 4.69) is 10.3 Å². The van der Waals surface area contributed by atoms with Crippen molar-refractivity contribution in [1.29, 1.82) is 0 Å². The summed E-state index contributed by atoms with van der Waals surface area (Å²) in [5.41, 5.74) is 0.795. The Hall–Kier alpha value is -2.36. The number of carbonyl (C=O) groups is 1. The van der Waals surface area contributed by atoms with Crippen molar-refractivity contribution in [2.45, 2.75) is 36.7 Å². The normalized spacial score (nSPS) is 18.6. The molecular formula is C20H25N3O5S. The first kappa shape index (κ1) is 19.9. The highest BCUT2D eigenvalue weighted by molar-refractivity contribution is 7.89. The maximum Gasteiger partial charge on any atom is 0.272 e. The lowest BCUT2D eigenvalue weighted by Gasteiger charge is -2.25. The number of H-pyrrole nitrogens is 1. The molecule has 1 saturated heterocycles. The molecule has 9 heteroatoms. The molecule has 0 atom stereocenters. The van der Waals surface area contributed by atoms with E-state index in [9.17, 15) is 13.2 Å². The van der Waals surface area contributed by atoms with Crippen LogP contribution in [0.2, 0.25) is 0 Å². The number of sulfonamides is 1. The Morgan fingerprint density at radius 1 is 1.14 bits per heavy atom. The fraction of sp³-hybridized carbons (Fsp3) is 0.450. The van der Waals surface area contributed by atoms with E-state index in [4.69, 9.17) is 9.47 Å². The summed E-state index contributed by atoms with van der Waals surface area (Å²) in [5, 5.41) is 2.77. The Labute approximate surface area is 170 Å². The van der Waals surface area contributed by atoms with Gasteiger partial charge in [0.15, 0.2) is 0 Å². The van der Waals surface area contributed by atoms with E-state index in [1.807, 2.05) is 12.1 Å². The van der Waals surface area contributed by atoms with E-state index in [-0.39, 0.29) is 16.7 Å². The Morgan fingerprint density at radius 2 is 1.83 bits per heavy atom. The van der Waals surface area contributed by atoms with Crippen molar-refractivity contribution >= 4 is 21.6 Å². The maximum absolute atomic E-state index is 12.7. The predicted molar refractivity (Wildman–Crippen MR) is 108 cm³/mol. The van der Waals surface area contributed by atoms with Crippen molar-refractivity contribution in [3.63, 3.8) is 0 Å². The summed E-state index contributed by atoms with van der Waals surface area (Å²) in [6, 6.07) is 8.57. The highest BCUT2D eigenvalue weighted by Crippen LogP contribution is 2.25. The standard InChI is InChI=1S/C20H25N3O5S/c24-20(22-15-5-7-17(8-6-15)28-16-3-1-2-4-16)19-13-18(14-21-19)29(25,26)23-9-11-27-12-10-23/h5-8,13-14,16,21H,1-4,9-12H2,(H,22,24). The van der Waals surface area contributed by atoms with Gasteiger partial charge < -0.3 is 19.8 Å². The minimum Gasteiger partial charge on any atom is -0.490 e. The Balaban J connectivity index is 1.38. The van der Waals surface area contributed by atoms with Gasteiger partial charge >= 0.3 is 0 Å². The summed E-state index contributed by atoms with van der Waals surface area (Å²) >= 11 is 0. The zero-order valence-corrected chi connectivity index (χ0v) is 16.9. The topological polar surface area (TPSA) is 101 Å². The summed E-state index contributed by atoms with van der Waals surface area (Å²) in [4.78, 5) is 15.3. The molecule has 0 bridgehead atoms. The number of aromatic amines is 1. The molecule has 1 saturated carbocycles. The summed E-state index contributed by atoms with van der Waals surface area (Å²) in [5.74, 6) is 0.381. The van der Waals surface area contributed by atoms with Gasteiger partial charge in [0.25, 0.3) is 5.91 Å². The third kappa shape index (κ3) is 4.63. The number of amides is 1. The van der Waals surface area contributed by atoms with Crippen molar-refractivity contribution in [2.75, 3.05) is 31.6 Å². The monoisotopic (exact) mass is 419 g/mol. The van der Waals surface area contributed by atoms with Crippen LogP contribution < -0.4 is 10.1 Å². The second kappa shape index (κ2) is 8.56. The molecule has 29 heavy (non-hydrogen) atoms. The fourth-order valence-corrected chi connectivity index (χ4v) is 5.01. The van der Waals surface area contributed by atoms with Crippen LogP contribution in [0.5, 0.6) is 5.75 Å². The van der Waals surface area contributed by atoms with Gasteiger partial charge in [-0.3, -0.25) is 4.79 Å². The second-order valence-electron chi connectivity index (χ2n) is 7.27. The average molecular weight is 420 g/mol. The van der Waals surface area contributed by atoms with Crippen LogP contribution in [0.3, 0.4) is 0 Å². The van der Waals surface area contributed by atoms with Crippen LogP contribution in [-0.2, 0) is 14.8 Å². The van der Waals surface area contributed by atoms with Gasteiger partial charge in [-0.2, -0.15) is 4.31 Å². The molecule has 1 aliphatic carbocycles. The Bertz CT molecular complexity index is 943. The number of ether oxygens (including phenoxy) is 2. The van der Waals surface area contributed by atoms with Gasteiger partial charge in [-0.15, -0.1) is 0 Å². The first-order valence-electron chi connectivity index (χ1n) is 9.87. The molecule has 2 aromatic rings. The molecular weight excluding hydrogens is 394 g/mol. The molecule has 4 rings (SSSR count). The van der Waals surface area contributed by atoms with Crippen LogP contribution in [0.1, 0.15) is 36.2 Å². The fourth-order valence-electron chi connectivity index (χ4n) is 3.60. The number of hydrogen-bond donors (Lipinski definition) is 2. The Kier molecular flexibility index (Phi) is 5.89. The molecule has 1 amide bonds. The molecule has 2 aliphatic rings. The first-order valence-corrected chi connectivity index (χ1v) is 11.3. The van der Waals surface area contributed by atoms with Gasteiger partial charge in [0, 0.05) is 25.0 Å². The highest BCUT2D eigenvalue weighted by Gasteiger charge is 2.28. The number of hydrogen-bond acceptors (Lipinski definition) is 5. The number of nitrogens with zero attached hydrogens (tertiary/aromatic N) is 1. The summed E-state index contributed by atoms with van der Waals surface area (Å²) in [7, 11) is -3.64. The number of nitrogens with one attached hydrogen (secondary N) is 2. The van der Waals surface area contributed by atoms with E-state index in [0.717, 1.165) is 18.6 Å². The van der Waals surface area contributed by atoms with E-state index >= 15 is 0 Å². The molecule has 1 aliphatic heterocycles. The molecule has 2 fully saturated rings. The van der Waals surface area contributed by atoms with Gasteiger partial charge in [-0.05, 0) is 56.0 Å². The maximum atomic E-state index is 12.7. The third-order valence-corrected chi connectivity index (χ3v) is 7.10. The van der Waals surface area contributed by atoms with Crippen LogP contribution in [-0.4, -0.2) is 56.0 Å². The minimum absolute atomic E-state index is 0.0739. The minimum atomic E-state index is -3.64. The van der Waals surface area contributed by atoms with Gasteiger partial charge in [-0.25, -0.2) is 8.42 Å². The average Bonchev–Trinajstić information content (AvgIpc) is 3.42. The van der Waals surface area contributed by atoms with Gasteiger partial charge in [0.1, 0.15) is 16.3 Å². The quantitative estimate of drug-likeness (QED) is 0.750. The number of rotatable bonds is 6. The lowest BCUT2D eigenvalue weighted by atomic mass is 10.2. The van der Waals surface area contributed by atoms with Gasteiger partial charge in [0.05, 0.1) is 19.3 Å². The molecule has 8 nitrogen and oxygen atoms in total. The second-order valence-corrected chi connectivity index (χ2v) is 9.21. The molecule has 2 N–H and O–H groups in total. The number of aromatic nitrogens is 1. The summed E-state index contributed by atoms with van der Waals surface area (Å²) in [6.45, 7) is 1.36. The summed E-state index contributed by atoms with van der Waals surface area (Å²) in [6.07, 6.45) is 6.21. The van der Waals surface area contributed by atoms with E-state index < -0.39 is 15.9 Å². The smallest absolute Gasteiger partial charge is 0.272 e. The van der Waals surface area contributed by atoms with Gasteiger partial charge in [0.2, 0.25) is 10.0 Å². The first-order chi connectivity index (χ1) is 14.0. The van der Waals surface area contributed by atoms with Crippen molar-refractivity contribution < 1.29 is 22.7 Å². The molecule has 0 spiro atoms. The van der Waals surface area contributed by atoms with Crippen LogP contribution >= 0.6 is 0 Å². The number of carbonyl (C=O) groups excluding carboxylic acids is 1. The zero-order valence-electron chi connectivity index (χ0n) is 16.1. The molecule has 1 aromatic heterocycles. The predicted octanol–water partition coefficient (Wildman–Crippen LogP) is 2.61. The zero-order chi connectivity index (χ0) is 20.3. The SMILES string of the molecule is O=C(Nc1ccc(OC2CCCC2)cc1)c1cc(S(=O)(=O)N2CCOCC2)c[nH]1. The van der Waals surface area contributed by atoms with E-state index in [1.165, 1.54) is 29.4 Å². The molecule has 0 unspecified atom stereocenters. The van der Waals surface area contributed by atoms with Crippen LogP contribution in [0.25, 0.3) is 0 Å². The van der Waals surface area contributed by atoms with Gasteiger partial charge in [-0.1, -0.05) is 0 Å². The van der Waals surface area contributed by atoms with E-state index in [0.29, 0.717) is 32.0 Å². The molecule has 2 heterocycles. The molecule has 0 radical (unpaired) electrons. The van der Waals surface area contributed by atoms with Crippen LogP contribution in [0.15, 0.2) is 41.4 Å². The lowest BCUT2D eigenvalue weighted by Crippen LogP contribution is -2.40. The largest absolute Gasteiger partial charge is 0.490 e. The number of anilines is 1. The number of morpholine rings is 1. The van der Waals surface area contributed by atoms with Crippen molar-refractivity contribution in [3.05, 3.63) is 42.2 Å². The number of benzene rings is 1. The molecule has 1 aromatic carbocycles. The lowest BCUT2D eigenvalue weighted by molar-refractivity contribution is 0.0730. The molecule has 156 valence electrons. The third-order valence-electron chi connectivity index (χ3n) is 5.23. The van der Waals surface area contributed by atoms with Crippen molar-refractivity contribution in [1.82, 2.24) is 9.29 Å². The van der Waals surface area contributed by atoms with Crippen molar-refractivity contribution in [2.24, 2.45) is 0 Å². The van der Waals surface area contributed by atoms with Crippen molar-refractivity contribution in [3.8, 4) is 5.75 Å². The summed E-state index contributed by atoms with van der Waals surface area (Å²) < 4.78 is 37.8.